The molecule has 0 bridgehead atoms. The summed E-state index contributed by atoms with van der Waals surface area (Å²) in [7, 11) is 0. The first-order chi connectivity index (χ1) is 7.15. The summed E-state index contributed by atoms with van der Waals surface area (Å²) >= 11 is 0. The number of halogens is 2. The number of hydrogen-bond acceptors (Lipinski definition) is 1. The van der Waals surface area contributed by atoms with Gasteiger partial charge in [0.05, 0.1) is 5.57 Å². The molecule has 1 N–H and O–H groups in total. The van der Waals surface area contributed by atoms with Crippen LogP contribution in [0.25, 0.3) is 0 Å². The summed E-state index contributed by atoms with van der Waals surface area (Å²) in [5.74, 6) is -2.64. The van der Waals surface area contributed by atoms with E-state index in [9.17, 15) is 13.6 Å². The Morgan fingerprint density at radius 2 is 1.87 bits per heavy atom. The lowest BCUT2D eigenvalue weighted by Crippen LogP contribution is -2.07. The summed E-state index contributed by atoms with van der Waals surface area (Å²) in [6.45, 7) is -1.38. The van der Waals surface area contributed by atoms with E-state index in [0.29, 0.717) is 5.56 Å². The van der Waals surface area contributed by atoms with Crippen molar-refractivity contribution < 1.29 is 18.7 Å². The Balaban J connectivity index is 2.91. The number of aliphatic carboxylic acids is 1. The van der Waals surface area contributed by atoms with Crippen LogP contribution in [-0.4, -0.2) is 17.8 Å². The van der Waals surface area contributed by atoms with Crippen molar-refractivity contribution in [2.75, 3.05) is 6.67 Å². The second-order valence-corrected chi connectivity index (χ2v) is 2.98. The van der Waals surface area contributed by atoms with E-state index >= 15 is 0 Å². The van der Waals surface area contributed by atoms with Crippen LogP contribution in [0, 0.1) is 0 Å². The number of hydrogen-bond donors (Lipinski definition) is 1. The highest BCUT2D eigenvalue weighted by atomic mass is 19.2. The lowest BCUT2D eigenvalue weighted by atomic mass is 10.0. The molecule has 0 amide bonds. The van der Waals surface area contributed by atoms with Gasteiger partial charge in [-0.1, -0.05) is 30.3 Å². The molecule has 15 heavy (non-hydrogen) atoms. The van der Waals surface area contributed by atoms with Crippen molar-refractivity contribution in [3.63, 3.8) is 0 Å². The Kier molecular flexibility index (Phi) is 3.97. The molecule has 4 heteroatoms. The Labute approximate surface area is 85.9 Å². The van der Waals surface area contributed by atoms with E-state index in [1.54, 1.807) is 30.3 Å². The van der Waals surface area contributed by atoms with Gasteiger partial charge in [0, 0.05) is 6.42 Å². The van der Waals surface area contributed by atoms with Crippen LogP contribution in [0.15, 0.2) is 41.7 Å². The molecule has 0 radical (unpaired) electrons. The van der Waals surface area contributed by atoms with Crippen molar-refractivity contribution in [3.8, 4) is 0 Å². The van der Waals surface area contributed by atoms with E-state index in [1.165, 1.54) is 0 Å². The van der Waals surface area contributed by atoms with Crippen molar-refractivity contribution in [3.05, 3.63) is 47.3 Å². The second kappa shape index (κ2) is 5.24. The van der Waals surface area contributed by atoms with Crippen LogP contribution in [0.4, 0.5) is 8.78 Å². The van der Waals surface area contributed by atoms with E-state index in [0.717, 1.165) is 0 Å². The molecule has 0 aliphatic carbocycles. The number of carboxylic acids is 1. The highest BCUT2D eigenvalue weighted by molar-refractivity contribution is 5.87. The Morgan fingerprint density at radius 3 is 2.33 bits per heavy atom. The molecule has 0 fully saturated rings. The molecule has 0 saturated carbocycles. The molecular formula is C11H10F2O2. The lowest BCUT2D eigenvalue weighted by Gasteiger charge is -2.03. The first-order valence-electron chi connectivity index (χ1n) is 4.36. The quantitative estimate of drug-likeness (QED) is 0.778. The maximum Gasteiger partial charge on any atom is 0.334 e. The topological polar surface area (TPSA) is 37.3 Å². The number of carbonyl (C=O) groups is 1. The van der Waals surface area contributed by atoms with Gasteiger partial charge in [0.2, 0.25) is 0 Å². The molecule has 1 rings (SSSR count). The zero-order valence-electron chi connectivity index (χ0n) is 7.91. The molecule has 0 aliphatic heterocycles. The SMILES string of the molecule is O=C(O)C(Cc1ccccc1)=C(F)CF. The summed E-state index contributed by atoms with van der Waals surface area (Å²) < 4.78 is 24.9. The molecule has 0 atom stereocenters. The minimum atomic E-state index is -1.42. The number of alkyl halides is 1. The minimum Gasteiger partial charge on any atom is -0.478 e. The van der Waals surface area contributed by atoms with Crippen LogP contribution in [0.2, 0.25) is 0 Å². The molecule has 0 spiro atoms. The van der Waals surface area contributed by atoms with E-state index in [1.807, 2.05) is 0 Å². The molecule has 1 aromatic rings. The fraction of sp³-hybridized carbons (Fsp3) is 0.182. The first kappa shape index (κ1) is 11.4. The number of rotatable bonds is 4. The van der Waals surface area contributed by atoms with Crippen LogP contribution < -0.4 is 0 Å². The van der Waals surface area contributed by atoms with Gasteiger partial charge in [-0.25, -0.2) is 13.6 Å². The summed E-state index contributed by atoms with van der Waals surface area (Å²) in [6.07, 6.45) is -0.105. The average molecular weight is 212 g/mol. The fourth-order valence-electron chi connectivity index (χ4n) is 1.17. The van der Waals surface area contributed by atoms with E-state index in [4.69, 9.17) is 5.11 Å². The summed E-state index contributed by atoms with van der Waals surface area (Å²) in [5.41, 5.74) is 0.113. The molecule has 0 aromatic heterocycles. The van der Waals surface area contributed by atoms with Crippen molar-refractivity contribution in [1.82, 2.24) is 0 Å². The average Bonchev–Trinajstić information content (AvgIpc) is 2.26. The Morgan fingerprint density at radius 1 is 1.27 bits per heavy atom. The fourth-order valence-corrected chi connectivity index (χ4v) is 1.17. The van der Waals surface area contributed by atoms with Crippen molar-refractivity contribution in [2.45, 2.75) is 6.42 Å². The Hall–Kier alpha value is -1.71. The summed E-state index contributed by atoms with van der Waals surface area (Å²) in [4.78, 5) is 10.6. The normalized spacial score (nSPS) is 12.1. The molecule has 1 aromatic carbocycles. The molecule has 0 saturated heterocycles. The van der Waals surface area contributed by atoms with Crippen molar-refractivity contribution >= 4 is 5.97 Å². The number of carboxylic acid groups (broad SMARTS) is 1. The van der Waals surface area contributed by atoms with Gasteiger partial charge in [0.1, 0.15) is 12.5 Å². The third kappa shape index (κ3) is 3.16. The van der Waals surface area contributed by atoms with Gasteiger partial charge in [0.15, 0.2) is 0 Å². The third-order valence-corrected chi connectivity index (χ3v) is 1.93. The van der Waals surface area contributed by atoms with Gasteiger partial charge in [-0.05, 0) is 5.56 Å². The van der Waals surface area contributed by atoms with Crippen molar-refractivity contribution in [2.24, 2.45) is 0 Å². The number of benzene rings is 1. The van der Waals surface area contributed by atoms with Gasteiger partial charge < -0.3 is 5.11 Å². The van der Waals surface area contributed by atoms with Crippen LogP contribution >= 0.6 is 0 Å². The van der Waals surface area contributed by atoms with Gasteiger partial charge >= 0.3 is 5.97 Å². The Bertz CT molecular complexity index is 371. The molecule has 0 unspecified atom stereocenters. The van der Waals surface area contributed by atoms with E-state index in [2.05, 4.69) is 0 Å². The molecule has 0 aliphatic rings. The monoisotopic (exact) mass is 212 g/mol. The lowest BCUT2D eigenvalue weighted by molar-refractivity contribution is -0.132. The van der Waals surface area contributed by atoms with Gasteiger partial charge in [-0.15, -0.1) is 0 Å². The standard InChI is InChI=1S/C11H10F2O2/c12-7-10(13)9(11(14)15)6-8-4-2-1-3-5-8/h1-5H,6-7H2,(H,14,15). The van der Waals surface area contributed by atoms with Crippen LogP contribution in [0.1, 0.15) is 5.56 Å². The molecule has 80 valence electrons. The van der Waals surface area contributed by atoms with Crippen LogP contribution in [-0.2, 0) is 11.2 Å². The maximum absolute atomic E-state index is 12.9. The van der Waals surface area contributed by atoms with Gasteiger partial charge in [-0.2, -0.15) is 0 Å². The van der Waals surface area contributed by atoms with Crippen molar-refractivity contribution in [1.29, 1.82) is 0 Å². The minimum absolute atomic E-state index is 0.105. The smallest absolute Gasteiger partial charge is 0.334 e. The summed E-state index contributed by atoms with van der Waals surface area (Å²) in [5, 5.41) is 8.67. The molecular weight excluding hydrogens is 202 g/mol. The molecule has 2 nitrogen and oxygen atoms in total. The number of allylic oxidation sites excluding steroid dienone is 1. The highest BCUT2D eigenvalue weighted by Gasteiger charge is 2.14. The van der Waals surface area contributed by atoms with E-state index < -0.39 is 24.0 Å². The van der Waals surface area contributed by atoms with Crippen LogP contribution in [0.5, 0.6) is 0 Å². The second-order valence-electron chi connectivity index (χ2n) is 2.98. The first-order valence-corrected chi connectivity index (χ1v) is 4.36. The van der Waals surface area contributed by atoms with E-state index in [-0.39, 0.29) is 6.42 Å². The zero-order valence-corrected chi connectivity index (χ0v) is 7.91. The predicted octanol–water partition coefficient (Wildman–Crippen LogP) is 2.51. The van der Waals surface area contributed by atoms with Crippen LogP contribution in [0.3, 0.4) is 0 Å². The highest BCUT2D eigenvalue weighted by Crippen LogP contribution is 2.14. The van der Waals surface area contributed by atoms with Gasteiger partial charge in [-0.3, -0.25) is 0 Å². The predicted molar refractivity (Wildman–Crippen MR) is 51.9 cm³/mol. The maximum atomic E-state index is 12.9. The summed E-state index contributed by atoms with van der Waals surface area (Å²) in [6, 6.07) is 8.51. The van der Waals surface area contributed by atoms with Gasteiger partial charge in [0.25, 0.3) is 0 Å². The molecule has 0 heterocycles. The zero-order chi connectivity index (χ0) is 11.3. The largest absolute Gasteiger partial charge is 0.478 e. The third-order valence-electron chi connectivity index (χ3n) is 1.93.